The van der Waals surface area contributed by atoms with Crippen molar-refractivity contribution in [2.45, 2.75) is 32.4 Å². The number of hydrogen-bond acceptors (Lipinski definition) is 2. The maximum atomic E-state index is 12.1. The number of aliphatic carboxylic acids is 1. The molecule has 1 amide bonds. The predicted octanol–water partition coefficient (Wildman–Crippen LogP) is 2.31. The average molecular weight is 285 g/mol. The highest BCUT2D eigenvalue weighted by Gasteiger charge is 2.21. The fraction of sp³-hybridized carbons (Fsp3) is 0.385. The van der Waals surface area contributed by atoms with Crippen LogP contribution in [0.4, 0.5) is 0 Å². The molecule has 1 heterocycles. The van der Waals surface area contributed by atoms with Crippen LogP contribution in [0.25, 0.3) is 0 Å². The Kier molecular flexibility index (Phi) is 5.63. The van der Waals surface area contributed by atoms with Gasteiger partial charge >= 0.3 is 5.97 Å². The Morgan fingerprint density at radius 2 is 2.32 bits per heavy atom. The van der Waals surface area contributed by atoms with E-state index in [4.69, 9.17) is 16.7 Å². The third-order valence-corrected chi connectivity index (χ3v) is 2.77. The topological polar surface area (TPSA) is 71.3 Å². The predicted molar refractivity (Wildman–Crippen MR) is 73.4 cm³/mol. The van der Waals surface area contributed by atoms with Crippen molar-refractivity contribution in [3.05, 3.63) is 35.6 Å². The summed E-state index contributed by atoms with van der Waals surface area (Å²) in [5.74, 6) is -1.54. The van der Waals surface area contributed by atoms with Crippen molar-refractivity contribution >= 4 is 23.5 Å². The normalized spacial score (nSPS) is 11.9. The molecule has 0 bridgehead atoms. The van der Waals surface area contributed by atoms with Crippen LogP contribution in [0.5, 0.6) is 0 Å². The van der Waals surface area contributed by atoms with E-state index in [1.165, 1.54) is 12.1 Å². The molecular formula is C13H17ClN2O3. The first-order valence-electron chi connectivity index (χ1n) is 5.99. The standard InChI is InChI=1S/C13H17ClN2O3/c1-3-5-10(13(18)19)15-12(17)11-7-9(14)8-16(11)6-4-2/h3,7-8,10H,1,4-6H2,2H3,(H,15,17)(H,18,19). The molecule has 0 saturated carbocycles. The Morgan fingerprint density at radius 3 is 2.84 bits per heavy atom. The lowest BCUT2D eigenvalue weighted by molar-refractivity contribution is -0.139. The molecule has 0 saturated heterocycles. The van der Waals surface area contributed by atoms with Gasteiger partial charge in [0.05, 0.1) is 5.02 Å². The fourth-order valence-corrected chi connectivity index (χ4v) is 1.93. The number of hydrogen-bond donors (Lipinski definition) is 2. The van der Waals surface area contributed by atoms with Crippen molar-refractivity contribution in [2.24, 2.45) is 0 Å². The molecule has 1 aromatic rings. The van der Waals surface area contributed by atoms with Gasteiger partial charge in [0.25, 0.3) is 5.91 Å². The lowest BCUT2D eigenvalue weighted by Gasteiger charge is -2.13. The smallest absolute Gasteiger partial charge is 0.326 e. The summed E-state index contributed by atoms with van der Waals surface area (Å²) in [5.41, 5.74) is 0.363. The van der Waals surface area contributed by atoms with E-state index in [1.807, 2.05) is 6.92 Å². The summed E-state index contributed by atoms with van der Waals surface area (Å²) < 4.78 is 1.71. The number of carbonyl (C=O) groups is 2. The third-order valence-electron chi connectivity index (χ3n) is 2.57. The van der Waals surface area contributed by atoms with E-state index < -0.39 is 17.9 Å². The van der Waals surface area contributed by atoms with E-state index in [-0.39, 0.29) is 6.42 Å². The fourth-order valence-electron chi connectivity index (χ4n) is 1.71. The van der Waals surface area contributed by atoms with Crippen molar-refractivity contribution in [3.63, 3.8) is 0 Å². The lowest BCUT2D eigenvalue weighted by Crippen LogP contribution is -2.41. The zero-order chi connectivity index (χ0) is 14.4. The lowest BCUT2D eigenvalue weighted by atomic mass is 10.2. The van der Waals surface area contributed by atoms with Crippen LogP contribution >= 0.6 is 11.6 Å². The van der Waals surface area contributed by atoms with Gasteiger partial charge in [-0.1, -0.05) is 24.6 Å². The Balaban J connectivity index is 2.87. The number of nitrogens with zero attached hydrogens (tertiary/aromatic N) is 1. The minimum Gasteiger partial charge on any atom is -0.480 e. The summed E-state index contributed by atoms with van der Waals surface area (Å²) >= 11 is 5.87. The van der Waals surface area contributed by atoms with Gasteiger partial charge in [-0.15, -0.1) is 6.58 Å². The molecular weight excluding hydrogens is 268 g/mol. The summed E-state index contributed by atoms with van der Waals surface area (Å²) in [4.78, 5) is 23.0. The van der Waals surface area contributed by atoms with Crippen LogP contribution in [0.1, 0.15) is 30.3 Å². The zero-order valence-electron chi connectivity index (χ0n) is 10.7. The highest BCUT2D eigenvalue weighted by molar-refractivity contribution is 6.31. The van der Waals surface area contributed by atoms with E-state index in [9.17, 15) is 9.59 Å². The molecule has 5 nitrogen and oxygen atoms in total. The molecule has 104 valence electrons. The van der Waals surface area contributed by atoms with Gasteiger partial charge in [-0.2, -0.15) is 0 Å². The van der Waals surface area contributed by atoms with E-state index in [0.29, 0.717) is 17.3 Å². The van der Waals surface area contributed by atoms with Crippen molar-refractivity contribution in [1.82, 2.24) is 9.88 Å². The molecule has 0 fully saturated rings. The zero-order valence-corrected chi connectivity index (χ0v) is 11.5. The Hall–Kier alpha value is -1.75. The van der Waals surface area contributed by atoms with E-state index in [1.54, 1.807) is 10.8 Å². The van der Waals surface area contributed by atoms with Crippen LogP contribution in [-0.4, -0.2) is 27.6 Å². The van der Waals surface area contributed by atoms with Crippen LogP contribution in [0.2, 0.25) is 5.02 Å². The number of rotatable bonds is 7. The SMILES string of the molecule is C=CCC(NC(=O)c1cc(Cl)cn1CCC)C(=O)O. The van der Waals surface area contributed by atoms with Gasteiger partial charge in [0.15, 0.2) is 0 Å². The molecule has 0 radical (unpaired) electrons. The minimum atomic E-state index is -1.09. The maximum Gasteiger partial charge on any atom is 0.326 e. The highest BCUT2D eigenvalue weighted by Crippen LogP contribution is 2.15. The number of carboxylic acids is 1. The van der Waals surface area contributed by atoms with Gasteiger partial charge in [0.2, 0.25) is 0 Å². The highest BCUT2D eigenvalue weighted by atomic mass is 35.5. The van der Waals surface area contributed by atoms with Crippen molar-refractivity contribution in [1.29, 1.82) is 0 Å². The molecule has 0 aliphatic carbocycles. The first-order valence-corrected chi connectivity index (χ1v) is 6.37. The first kappa shape index (κ1) is 15.3. The first-order chi connectivity index (χ1) is 8.99. The second kappa shape index (κ2) is 6.99. The van der Waals surface area contributed by atoms with E-state index in [2.05, 4.69) is 11.9 Å². The van der Waals surface area contributed by atoms with Crippen molar-refractivity contribution in [2.75, 3.05) is 0 Å². The van der Waals surface area contributed by atoms with Crippen molar-refractivity contribution < 1.29 is 14.7 Å². The minimum absolute atomic E-state index is 0.170. The number of carboxylic acid groups (broad SMARTS) is 1. The maximum absolute atomic E-state index is 12.1. The molecule has 1 aromatic heterocycles. The second-order valence-corrected chi connectivity index (χ2v) is 4.56. The Labute approximate surface area is 116 Å². The van der Waals surface area contributed by atoms with E-state index in [0.717, 1.165) is 6.42 Å². The van der Waals surface area contributed by atoms with Gasteiger partial charge in [-0.25, -0.2) is 4.79 Å². The monoisotopic (exact) mass is 284 g/mol. The van der Waals surface area contributed by atoms with Crippen LogP contribution < -0.4 is 5.32 Å². The summed E-state index contributed by atoms with van der Waals surface area (Å²) in [7, 11) is 0. The van der Waals surface area contributed by atoms with Gasteiger partial charge in [0, 0.05) is 12.7 Å². The Morgan fingerprint density at radius 1 is 1.63 bits per heavy atom. The summed E-state index contributed by atoms with van der Waals surface area (Å²) in [6.07, 6.45) is 4.13. The number of aryl methyl sites for hydroxylation is 1. The molecule has 0 aliphatic heterocycles. The molecule has 19 heavy (non-hydrogen) atoms. The summed E-state index contributed by atoms with van der Waals surface area (Å²) in [5, 5.41) is 11.9. The van der Waals surface area contributed by atoms with Crippen LogP contribution in [0.3, 0.4) is 0 Å². The summed E-state index contributed by atoms with van der Waals surface area (Å²) in [6, 6.07) is 0.549. The molecule has 2 N–H and O–H groups in total. The number of amides is 1. The molecule has 0 aromatic carbocycles. The molecule has 1 unspecified atom stereocenters. The van der Waals surface area contributed by atoms with Crippen LogP contribution in [0, 0.1) is 0 Å². The number of halogens is 1. The number of nitrogens with one attached hydrogen (secondary N) is 1. The second-order valence-electron chi connectivity index (χ2n) is 4.13. The number of aromatic nitrogens is 1. The van der Waals surface area contributed by atoms with Crippen molar-refractivity contribution in [3.8, 4) is 0 Å². The van der Waals surface area contributed by atoms with E-state index >= 15 is 0 Å². The third kappa shape index (κ3) is 4.13. The Bertz CT molecular complexity index is 482. The molecule has 1 rings (SSSR count). The average Bonchev–Trinajstić information content (AvgIpc) is 2.70. The van der Waals surface area contributed by atoms with Crippen LogP contribution in [0.15, 0.2) is 24.9 Å². The molecule has 1 atom stereocenters. The van der Waals surface area contributed by atoms with Gasteiger partial charge < -0.3 is 15.0 Å². The largest absolute Gasteiger partial charge is 0.480 e. The molecule has 6 heteroatoms. The van der Waals surface area contributed by atoms with Gasteiger partial charge in [-0.3, -0.25) is 4.79 Å². The van der Waals surface area contributed by atoms with Gasteiger partial charge in [0.1, 0.15) is 11.7 Å². The van der Waals surface area contributed by atoms with Crippen LogP contribution in [-0.2, 0) is 11.3 Å². The van der Waals surface area contributed by atoms with Gasteiger partial charge in [-0.05, 0) is 18.9 Å². The quantitative estimate of drug-likeness (QED) is 0.755. The molecule has 0 spiro atoms. The summed E-state index contributed by atoms with van der Waals surface area (Å²) in [6.45, 7) is 6.10. The number of carbonyl (C=O) groups excluding carboxylic acids is 1. The molecule has 0 aliphatic rings.